The number of fused-ring (bicyclic) bond motifs is 3. The molecule has 1 amide bonds. The smallest absolute Gasteiger partial charge is 0.256 e. The molecule has 1 aromatic heterocycles. The summed E-state index contributed by atoms with van der Waals surface area (Å²) in [6, 6.07) is 12.7. The Morgan fingerprint density at radius 1 is 1.19 bits per heavy atom. The van der Waals surface area contributed by atoms with E-state index >= 15 is 0 Å². The molecule has 0 bridgehead atoms. The van der Waals surface area contributed by atoms with Crippen LogP contribution in [0.25, 0.3) is 10.9 Å². The number of benzene rings is 2. The molecule has 0 radical (unpaired) electrons. The molecule has 2 N–H and O–H groups in total. The van der Waals surface area contributed by atoms with Crippen LogP contribution in [-0.2, 0) is 11.8 Å². The van der Waals surface area contributed by atoms with E-state index < -0.39 is 6.10 Å². The monoisotopic (exact) mass is 364 g/mol. The molecular formula is C22H21FN2O2. The zero-order valence-electron chi connectivity index (χ0n) is 14.9. The maximum atomic E-state index is 13.6. The fourth-order valence-corrected chi connectivity index (χ4v) is 4.92. The molecule has 4 nitrogen and oxygen atoms in total. The Labute approximate surface area is 156 Å². The van der Waals surface area contributed by atoms with Crippen molar-refractivity contribution in [2.24, 2.45) is 0 Å². The van der Waals surface area contributed by atoms with E-state index in [0.29, 0.717) is 30.5 Å². The van der Waals surface area contributed by atoms with Crippen molar-refractivity contribution >= 4 is 16.8 Å². The van der Waals surface area contributed by atoms with Crippen molar-refractivity contribution in [1.29, 1.82) is 0 Å². The van der Waals surface area contributed by atoms with Gasteiger partial charge in [0.05, 0.1) is 11.7 Å². The van der Waals surface area contributed by atoms with Gasteiger partial charge in [-0.2, -0.15) is 0 Å². The zero-order valence-corrected chi connectivity index (χ0v) is 14.9. The molecular weight excluding hydrogens is 343 g/mol. The fourth-order valence-electron chi connectivity index (χ4n) is 4.92. The van der Waals surface area contributed by atoms with Gasteiger partial charge < -0.3 is 15.0 Å². The van der Waals surface area contributed by atoms with Crippen LogP contribution in [0, 0.1) is 5.82 Å². The molecule has 5 heteroatoms. The number of aromatic nitrogens is 1. The molecule has 2 heterocycles. The van der Waals surface area contributed by atoms with Crippen molar-refractivity contribution in [2.45, 2.75) is 30.8 Å². The highest BCUT2D eigenvalue weighted by molar-refractivity contribution is 6.06. The molecule has 0 unspecified atom stereocenters. The van der Waals surface area contributed by atoms with Gasteiger partial charge >= 0.3 is 0 Å². The standard InChI is InChI=1S/C22H21FN2O2/c23-15-5-6-19-16(12-15)17(13-24-19)21(27)25-9-7-22(8-10-25)18-4-2-1-3-14(18)11-20(22)26/h1-6,12-13,20,24,26H,7-11H2/t20-/m0/s1. The van der Waals surface area contributed by atoms with E-state index in [2.05, 4.69) is 17.1 Å². The second kappa shape index (κ2) is 5.92. The summed E-state index contributed by atoms with van der Waals surface area (Å²) in [7, 11) is 0. The average Bonchev–Trinajstić information content (AvgIpc) is 3.21. The third kappa shape index (κ3) is 2.42. The lowest BCUT2D eigenvalue weighted by Crippen LogP contribution is -2.49. The van der Waals surface area contributed by atoms with Gasteiger partial charge in [0.25, 0.3) is 5.91 Å². The molecule has 1 spiro atoms. The first-order valence-electron chi connectivity index (χ1n) is 9.41. The number of amides is 1. The van der Waals surface area contributed by atoms with E-state index in [9.17, 15) is 14.3 Å². The minimum atomic E-state index is -0.394. The number of aliphatic hydroxyl groups is 1. The van der Waals surface area contributed by atoms with Crippen molar-refractivity contribution < 1.29 is 14.3 Å². The predicted molar refractivity (Wildman–Crippen MR) is 101 cm³/mol. The molecule has 3 aromatic rings. The minimum absolute atomic E-state index is 0.0810. The zero-order chi connectivity index (χ0) is 18.6. The Morgan fingerprint density at radius 3 is 2.78 bits per heavy atom. The average molecular weight is 364 g/mol. The lowest BCUT2D eigenvalue weighted by atomic mass is 9.72. The maximum Gasteiger partial charge on any atom is 0.256 e. The highest BCUT2D eigenvalue weighted by atomic mass is 19.1. The van der Waals surface area contributed by atoms with Crippen LogP contribution in [0.5, 0.6) is 0 Å². The van der Waals surface area contributed by atoms with Crippen LogP contribution in [-0.4, -0.2) is 40.1 Å². The Balaban J connectivity index is 1.40. The Morgan fingerprint density at radius 2 is 1.96 bits per heavy atom. The molecule has 2 aliphatic rings. The predicted octanol–water partition coefficient (Wildman–Crippen LogP) is 3.40. The van der Waals surface area contributed by atoms with Gasteiger partial charge in [0.2, 0.25) is 0 Å². The van der Waals surface area contributed by atoms with E-state index in [1.54, 1.807) is 12.3 Å². The number of likely N-dealkylation sites (tertiary alicyclic amines) is 1. The van der Waals surface area contributed by atoms with E-state index in [0.717, 1.165) is 18.4 Å². The van der Waals surface area contributed by atoms with Gasteiger partial charge in [-0.3, -0.25) is 4.79 Å². The van der Waals surface area contributed by atoms with E-state index in [4.69, 9.17) is 0 Å². The number of carbonyl (C=O) groups is 1. The SMILES string of the molecule is O=C(c1c[nH]c2ccc(F)cc12)N1CCC2(CC1)c1ccccc1C[C@@H]2O. The molecule has 1 aliphatic carbocycles. The number of nitrogens with one attached hydrogen (secondary N) is 1. The van der Waals surface area contributed by atoms with Crippen molar-refractivity contribution in [3.05, 3.63) is 71.2 Å². The lowest BCUT2D eigenvalue weighted by molar-refractivity contribution is 0.0366. The van der Waals surface area contributed by atoms with Crippen LogP contribution >= 0.6 is 0 Å². The van der Waals surface area contributed by atoms with Crippen molar-refractivity contribution in [3.8, 4) is 0 Å². The summed E-state index contributed by atoms with van der Waals surface area (Å²) in [5, 5.41) is 11.4. The molecule has 2 aromatic carbocycles. The molecule has 5 rings (SSSR count). The quantitative estimate of drug-likeness (QED) is 0.695. The number of halogens is 1. The first kappa shape index (κ1) is 16.5. The van der Waals surface area contributed by atoms with E-state index in [-0.39, 0.29) is 17.1 Å². The number of piperidine rings is 1. The first-order chi connectivity index (χ1) is 13.1. The van der Waals surface area contributed by atoms with Gasteiger partial charge in [0, 0.05) is 35.6 Å². The topological polar surface area (TPSA) is 56.3 Å². The van der Waals surface area contributed by atoms with Gasteiger partial charge in [-0.05, 0) is 48.6 Å². The molecule has 1 fully saturated rings. The molecule has 1 atom stereocenters. The largest absolute Gasteiger partial charge is 0.392 e. The van der Waals surface area contributed by atoms with Crippen LogP contribution < -0.4 is 0 Å². The number of rotatable bonds is 1. The number of carbonyl (C=O) groups excluding carboxylic acids is 1. The Bertz CT molecular complexity index is 1030. The lowest BCUT2D eigenvalue weighted by Gasteiger charge is -2.42. The molecule has 27 heavy (non-hydrogen) atoms. The highest BCUT2D eigenvalue weighted by Crippen LogP contribution is 2.46. The third-order valence-corrected chi connectivity index (χ3v) is 6.42. The van der Waals surface area contributed by atoms with Crippen LogP contribution in [0.2, 0.25) is 0 Å². The van der Waals surface area contributed by atoms with Crippen molar-refractivity contribution in [3.63, 3.8) is 0 Å². The minimum Gasteiger partial charge on any atom is -0.392 e. The normalized spacial score (nSPS) is 21.0. The number of aliphatic hydroxyl groups excluding tert-OH is 1. The number of H-pyrrole nitrogens is 1. The summed E-state index contributed by atoms with van der Waals surface area (Å²) in [4.78, 5) is 17.9. The van der Waals surface area contributed by atoms with Crippen LogP contribution in [0.15, 0.2) is 48.7 Å². The third-order valence-electron chi connectivity index (χ3n) is 6.42. The van der Waals surface area contributed by atoms with E-state index in [1.807, 2.05) is 17.0 Å². The molecule has 138 valence electrons. The van der Waals surface area contributed by atoms with Crippen LogP contribution in [0.1, 0.15) is 34.3 Å². The van der Waals surface area contributed by atoms with Gasteiger partial charge in [-0.1, -0.05) is 24.3 Å². The fraction of sp³-hybridized carbons (Fsp3) is 0.318. The number of hydrogen-bond donors (Lipinski definition) is 2. The van der Waals surface area contributed by atoms with E-state index in [1.165, 1.54) is 23.3 Å². The Kier molecular flexibility index (Phi) is 3.62. The molecule has 1 saturated heterocycles. The molecule has 1 aliphatic heterocycles. The second-order valence-electron chi connectivity index (χ2n) is 7.72. The number of aromatic amines is 1. The van der Waals surface area contributed by atoms with Gasteiger partial charge in [0.1, 0.15) is 5.82 Å². The van der Waals surface area contributed by atoms with Gasteiger partial charge in [0.15, 0.2) is 0 Å². The summed E-state index contributed by atoms with van der Waals surface area (Å²) in [5.74, 6) is -0.429. The van der Waals surface area contributed by atoms with Crippen LogP contribution in [0.4, 0.5) is 4.39 Å². The van der Waals surface area contributed by atoms with Crippen molar-refractivity contribution in [1.82, 2.24) is 9.88 Å². The summed E-state index contributed by atoms with van der Waals surface area (Å²) < 4.78 is 13.6. The number of nitrogens with zero attached hydrogens (tertiary/aromatic N) is 1. The summed E-state index contributed by atoms with van der Waals surface area (Å²) in [6.45, 7) is 1.18. The van der Waals surface area contributed by atoms with Crippen molar-refractivity contribution in [2.75, 3.05) is 13.1 Å². The summed E-state index contributed by atoms with van der Waals surface area (Å²) >= 11 is 0. The number of hydrogen-bond acceptors (Lipinski definition) is 2. The summed E-state index contributed by atoms with van der Waals surface area (Å²) in [6.07, 6.45) is 3.44. The highest BCUT2D eigenvalue weighted by Gasteiger charge is 2.48. The first-order valence-corrected chi connectivity index (χ1v) is 9.41. The van der Waals surface area contributed by atoms with Crippen LogP contribution in [0.3, 0.4) is 0 Å². The van der Waals surface area contributed by atoms with Gasteiger partial charge in [-0.15, -0.1) is 0 Å². The second-order valence-corrected chi connectivity index (χ2v) is 7.72. The maximum absolute atomic E-state index is 13.6. The molecule has 0 saturated carbocycles. The Hall–Kier alpha value is -2.66. The summed E-state index contributed by atoms with van der Waals surface area (Å²) in [5.41, 5.74) is 3.47. The van der Waals surface area contributed by atoms with Gasteiger partial charge in [-0.25, -0.2) is 4.39 Å².